The van der Waals surface area contributed by atoms with Gasteiger partial charge in [-0.15, -0.1) is 0 Å². The number of fused-ring (bicyclic) bond motifs is 1. The summed E-state index contributed by atoms with van der Waals surface area (Å²) in [5.74, 6) is -2.81. The van der Waals surface area contributed by atoms with Crippen molar-refractivity contribution >= 4 is 22.8 Å². The molecule has 0 aliphatic carbocycles. The maximum atomic E-state index is 12.9. The van der Waals surface area contributed by atoms with Crippen molar-refractivity contribution in [3.8, 4) is 0 Å². The number of amides is 1. The average molecular weight is 342 g/mol. The van der Waals surface area contributed by atoms with Crippen molar-refractivity contribution < 1.29 is 27.9 Å². The molecule has 0 radical (unpaired) electrons. The number of carboxylic acid groups (broad SMARTS) is 1. The topological polar surface area (TPSA) is 71.3 Å². The molecule has 0 aliphatic heterocycles. The Balaban J connectivity index is 2.26. The predicted molar refractivity (Wildman–Crippen MR) is 81.7 cm³/mol. The molecular weight excluding hydrogens is 325 g/mol. The van der Waals surface area contributed by atoms with Crippen LogP contribution < -0.4 is 5.32 Å². The fourth-order valence-electron chi connectivity index (χ4n) is 2.55. The van der Waals surface area contributed by atoms with E-state index < -0.39 is 36.6 Å². The van der Waals surface area contributed by atoms with E-state index in [1.807, 2.05) is 5.32 Å². The molecule has 2 N–H and O–H groups in total. The lowest BCUT2D eigenvalue weighted by Gasteiger charge is -2.25. The lowest BCUT2D eigenvalue weighted by atomic mass is 10.0. The first-order valence-corrected chi connectivity index (χ1v) is 7.28. The Hall–Kier alpha value is -2.51. The maximum absolute atomic E-state index is 12.9. The van der Waals surface area contributed by atoms with Crippen molar-refractivity contribution in [2.75, 3.05) is 0 Å². The summed E-state index contributed by atoms with van der Waals surface area (Å²) < 4.78 is 40.1. The number of halogens is 3. The number of alkyl halides is 3. The summed E-state index contributed by atoms with van der Waals surface area (Å²) in [6, 6.07) is 4.55. The SMILES string of the molecule is CC(C)C(NC(=O)Cn1cc(C(=O)O)c2ccccc21)C(F)(F)F. The number of benzene rings is 1. The van der Waals surface area contributed by atoms with Crippen LogP contribution in [0.1, 0.15) is 24.2 Å². The van der Waals surface area contributed by atoms with Crippen LogP contribution in [0.15, 0.2) is 30.5 Å². The zero-order chi connectivity index (χ0) is 18.1. The van der Waals surface area contributed by atoms with Gasteiger partial charge < -0.3 is 15.0 Å². The maximum Gasteiger partial charge on any atom is 0.408 e. The van der Waals surface area contributed by atoms with E-state index in [1.54, 1.807) is 24.3 Å². The van der Waals surface area contributed by atoms with E-state index in [0.29, 0.717) is 10.9 Å². The molecule has 24 heavy (non-hydrogen) atoms. The van der Waals surface area contributed by atoms with Crippen LogP contribution in [0.2, 0.25) is 0 Å². The van der Waals surface area contributed by atoms with Gasteiger partial charge in [-0.05, 0) is 12.0 Å². The fraction of sp³-hybridized carbons (Fsp3) is 0.375. The predicted octanol–water partition coefficient (Wildman–Crippen LogP) is 3.04. The third-order valence-corrected chi connectivity index (χ3v) is 3.67. The number of hydrogen-bond donors (Lipinski definition) is 2. The van der Waals surface area contributed by atoms with E-state index in [2.05, 4.69) is 0 Å². The number of rotatable bonds is 5. The Morgan fingerprint density at radius 3 is 2.42 bits per heavy atom. The number of carbonyl (C=O) groups is 2. The average Bonchev–Trinajstić information content (AvgIpc) is 2.82. The van der Waals surface area contributed by atoms with Gasteiger partial charge in [-0.3, -0.25) is 4.79 Å². The molecule has 0 fully saturated rings. The highest BCUT2D eigenvalue weighted by Crippen LogP contribution is 2.26. The van der Waals surface area contributed by atoms with Crippen molar-refractivity contribution in [2.45, 2.75) is 32.6 Å². The molecule has 1 unspecified atom stereocenters. The van der Waals surface area contributed by atoms with Crippen LogP contribution in [0, 0.1) is 5.92 Å². The summed E-state index contributed by atoms with van der Waals surface area (Å²) in [7, 11) is 0. The number of nitrogens with one attached hydrogen (secondary N) is 1. The van der Waals surface area contributed by atoms with Crippen LogP contribution in [0.25, 0.3) is 10.9 Å². The van der Waals surface area contributed by atoms with E-state index in [9.17, 15) is 27.9 Å². The van der Waals surface area contributed by atoms with Gasteiger partial charge in [0.1, 0.15) is 12.6 Å². The lowest BCUT2D eigenvalue weighted by Crippen LogP contribution is -2.49. The Morgan fingerprint density at radius 2 is 1.88 bits per heavy atom. The Bertz CT molecular complexity index is 766. The molecule has 0 aliphatic rings. The molecule has 1 amide bonds. The third-order valence-electron chi connectivity index (χ3n) is 3.67. The van der Waals surface area contributed by atoms with Crippen LogP contribution in [-0.4, -0.2) is 33.8 Å². The van der Waals surface area contributed by atoms with E-state index in [-0.39, 0.29) is 5.56 Å². The van der Waals surface area contributed by atoms with Crippen LogP contribution >= 0.6 is 0 Å². The smallest absolute Gasteiger partial charge is 0.408 e. The molecule has 0 saturated heterocycles. The molecule has 130 valence electrons. The van der Waals surface area contributed by atoms with E-state index >= 15 is 0 Å². The second kappa shape index (κ2) is 6.54. The van der Waals surface area contributed by atoms with E-state index in [1.165, 1.54) is 24.6 Å². The monoisotopic (exact) mass is 342 g/mol. The summed E-state index contributed by atoms with van der Waals surface area (Å²) in [6.07, 6.45) is -3.29. The summed E-state index contributed by atoms with van der Waals surface area (Å²) in [5.41, 5.74) is 0.466. The Labute approximate surface area is 136 Å². The highest BCUT2D eigenvalue weighted by molar-refractivity contribution is 6.03. The molecule has 1 heterocycles. The van der Waals surface area contributed by atoms with Gasteiger partial charge >= 0.3 is 12.1 Å². The van der Waals surface area contributed by atoms with Crippen molar-refractivity contribution in [1.82, 2.24) is 9.88 Å². The quantitative estimate of drug-likeness (QED) is 0.877. The van der Waals surface area contributed by atoms with Gasteiger partial charge in [0.2, 0.25) is 5.91 Å². The second-order valence-corrected chi connectivity index (χ2v) is 5.82. The van der Waals surface area contributed by atoms with Crippen LogP contribution in [0.3, 0.4) is 0 Å². The summed E-state index contributed by atoms with van der Waals surface area (Å²) in [4.78, 5) is 23.3. The first-order valence-electron chi connectivity index (χ1n) is 7.28. The molecule has 1 aromatic carbocycles. The Morgan fingerprint density at radius 1 is 1.25 bits per heavy atom. The van der Waals surface area contributed by atoms with E-state index in [4.69, 9.17) is 0 Å². The molecule has 1 aromatic heterocycles. The van der Waals surface area contributed by atoms with Gasteiger partial charge in [-0.1, -0.05) is 32.0 Å². The van der Waals surface area contributed by atoms with Crippen molar-refractivity contribution in [3.63, 3.8) is 0 Å². The highest BCUT2D eigenvalue weighted by atomic mass is 19.4. The number of aromatic carboxylic acids is 1. The van der Waals surface area contributed by atoms with Gasteiger partial charge in [-0.25, -0.2) is 4.79 Å². The van der Waals surface area contributed by atoms with Gasteiger partial charge in [0.15, 0.2) is 0 Å². The molecule has 8 heteroatoms. The number of para-hydroxylation sites is 1. The van der Waals surface area contributed by atoms with Gasteiger partial charge in [0, 0.05) is 17.1 Å². The molecule has 0 saturated carbocycles. The molecule has 5 nitrogen and oxygen atoms in total. The number of carbonyl (C=O) groups excluding carboxylic acids is 1. The molecule has 2 rings (SSSR count). The van der Waals surface area contributed by atoms with Gasteiger partial charge in [-0.2, -0.15) is 13.2 Å². The fourth-order valence-corrected chi connectivity index (χ4v) is 2.55. The van der Waals surface area contributed by atoms with E-state index in [0.717, 1.165) is 0 Å². The highest BCUT2D eigenvalue weighted by Gasteiger charge is 2.42. The molecular formula is C16H17F3N2O3. The van der Waals surface area contributed by atoms with Gasteiger partial charge in [0.05, 0.1) is 5.56 Å². The van der Waals surface area contributed by atoms with Crippen molar-refractivity contribution in [2.24, 2.45) is 5.92 Å². The van der Waals surface area contributed by atoms with Crippen LogP contribution in [0.5, 0.6) is 0 Å². The molecule has 1 atom stereocenters. The number of carboxylic acids is 1. The van der Waals surface area contributed by atoms with Crippen LogP contribution in [0.4, 0.5) is 13.2 Å². The largest absolute Gasteiger partial charge is 0.478 e. The van der Waals surface area contributed by atoms with Crippen LogP contribution in [-0.2, 0) is 11.3 Å². The summed E-state index contributed by atoms with van der Waals surface area (Å²) in [6.45, 7) is 2.34. The van der Waals surface area contributed by atoms with Crippen molar-refractivity contribution in [1.29, 1.82) is 0 Å². The number of aromatic nitrogens is 1. The first-order chi connectivity index (χ1) is 11.1. The summed E-state index contributed by atoms with van der Waals surface area (Å²) in [5, 5.41) is 11.6. The zero-order valence-corrected chi connectivity index (χ0v) is 13.1. The lowest BCUT2D eigenvalue weighted by molar-refractivity contribution is -0.170. The standard InChI is InChI=1S/C16H17F3N2O3/c1-9(2)14(16(17,18)19)20-13(22)8-21-7-11(15(23)24)10-5-3-4-6-12(10)21/h3-7,9,14H,8H2,1-2H3,(H,20,22)(H,23,24). The first kappa shape index (κ1) is 17.8. The molecule has 0 bridgehead atoms. The second-order valence-electron chi connectivity index (χ2n) is 5.82. The molecule has 2 aromatic rings. The number of nitrogens with zero attached hydrogens (tertiary/aromatic N) is 1. The minimum atomic E-state index is -4.55. The minimum absolute atomic E-state index is 0.00497. The zero-order valence-electron chi connectivity index (χ0n) is 13.1. The number of hydrogen-bond acceptors (Lipinski definition) is 2. The summed E-state index contributed by atoms with van der Waals surface area (Å²) >= 11 is 0. The normalized spacial score (nSPS) is 13.2. The van der Waals surface area contributed by atoms with Gasteiger partial charge in [0.25, 0.3) is 0 Å². The third kappa shape index (κ3) is 3.69. The van der Waals surface area contributed by atoms with Crippen molar-refractivity contribution in [3.05, 3.63) is 36.0 Å². The Kier molecular flexibility index (Phi) is 4.86. The minimum Gasteiger partial charge on any atom is -0.478 e. The molecule has 0 spiro atoms.